The Morgan fingerprint density at radius 2 is 2.22 bits per heavy atom. The van der Waals surface area contributed by atoms with Gasteiger partial charge in [0, 0.05) is 17.6 Å². The first kappa shape index (κ1) is 14.9. The number of carbonyl (C=O) groups excluding carboxylic acids is 1. The number of nitrogens with one attached hydrogen (secondary N) is 2. The zero-order chi connectivity index (χ0) is 13.5. The second-order valence-corrected chi connectivity index (χ2v) is 6.01. The van der Waals surface area contributed by atoms with E-state index in [-0.39, 0.29) is 12.6 Å². The van der Waals surface area contributed by atoms with E-state index in [4.69, 9.17) is 0 Å². The molecule has 0 aliphatic rings. The van der Waals surface area contributed by atoms with Crippen molar-refractivity contribution in [1.29, 1.82) is 0 Å². The molecule has 1 aromatic rings. The lowest BCUT2D eigenvalue weighted by molar-refractivity contribution is 0.147. The Morgan fingerprint density at radius 3 is 2.78 bits per heavy atom. The van der Waals surface area contributed by atoms with Crippen molar-refractivity contribution in [2.75, 3.05) is 6.54 Å². The standard InChI is InChI=1S/C12H21N3O2S/c1-8(2)4-10(16)5-14-12(17)15-7-11-6-13-9(3)18-11/h6,8,10,16H,4-5,7H2,1-3H3,(H2,14,15,17). The minimum Gasteiger partial charge on any atom is -0.391 e. The van der Waals surface area contributed by atoms with Gasteiger partial charge >= 0.3 is 6.03 Å². The van der Waals surface area contributed by atoms with Crippen molar-refractivity contribution in [3.05, 3.63) is 16.1 Å². The van der Waals surface area contributed by atoms with Gasteiger partial charge in [-0.2, -0.15) is 0 Å². The molecule has 3 N–H and O–H groups in total. The Bertz CT molecular complexity index is 379. The largest absolute Gasteiger partial charge is 0.391 e. The Morgan fingerprint density at radius 1 is 1.50 bits per heavy atom. The molecule has 0 aliphatic carbocycles. The van der Waals surface area contributed by atoms with Gasteiger partial charge in [-0.05, 0) is 19.3 Å². The highest BCUT2D eigenvalue weighted by Crippen LogP contribution is 2.10. The molecular weight excluding hydrogens is 250 g/mol. The van der Waals surface area contributed by atoms with E-state index in [0.717, 1.165) is 9.88 Å². The summed E-state index contributed by atoms with van der Waals surface area (Å²) >= 11 is 1.56. The summed E-state index contributed by atoms with van der Waals surface area (Å²) in [6, 6.07) is -0.260. The molecule has 1 aromatic heterocycles. The molecular formula is C12H21N3O2S. The smallest absolute Gasteiger partial charge is 0.315 e. The van der Waals surface area contributed by atoms with Crippen LogP contribution in [0, 0.1) is 12.8 Å². The minimum absolute atomic E-state index is 0.260. The third kappa shape index (κ3) is 5.97. The highest BCUT2D eigenvalue weighted by molar-refractivity contribution is 7.11. The van der Waals surface area contributed by atoms with Gasteiger partial charge in [-0.15, -0.1) is 11.3 Å². The maximum Gasteiger partial charge on any atom is 0.315 e. The van der Waals surface area contributed by atoms with Crippen LogP contribution in [0.5, 0.6) is 0 Å². The summed E-state index contributed by atoms with van der Waals surface area (Å²) in [5.41, 5.74) is 0. The zero-order valence-corrected chi connectivity index (χ0v) is 11.9. The van der Waals surface area contributed by atoms with E-state index in [2.05, 4.69) is 15.6 Å². The Balaban J connectivity index is 2.18. The fourth-order valence-electron chi connectivity index (χ4n) is 1.55. The van der Waals surface area contributed by atoms with Gasteiger partial charge < -0.3 is 15.7 Å². The van der Waals surface area contributed by atoms with Crippen LogP contribution in [-0.2, 0) is 6.54 Å². The van der Waals surface area contributed by atoms with Crippen LogP contribution in [-0.4, -0.2) is 28.8 Å². The van der Waals surface area contributed by atoms with E-state index in [1.807, 2.05) is 20.8 Å². The van der Waals surface area contributed by atoms with E-state index < -0.39 is 6.10 Å². The number of aromatic nitrogens is 1. The maximum absolute atomic E-state index is 11.5. The summed E-state index contributed by atoms with van der Waals surface area (Å²) < 4.78 is 0. The molecule has 1 rings (SSSR count). The van der Waals surface area contributed by atoms with E-state index in [1.165, 1.54) is 0 Å². The quantitative estimate of drug-likeness (QED) is 0.736. The maximum atomic E-state index is 11.5. The van der Waals surface area contributed by atoms with Gasteiger partial charge in [0.1, 0.15) is 0 Å². The third-order valence-corrected chi connectivity index (χ3v) is 3.25. The molecule has 6 heteroatoms. The number of rotatable bonds is 6. The van der Waals surface area contributed by atoms with Crippen molar-refractivity contribution in [2.24, 2.45) is 5.92 Å². The van der Waals surface area contributed by atoms with E-state index in [9.17, 15) is 9.90 Å². The lowest BCUT2D eigenvalue weighted by Crippen LogP contribution is -2.39. The molecule has 1 unspecified atom stereocenters. The number of nitrogens with zero attached hydrogens (tertiary/aromatic N) is 1. The first-order valence-corrected chi connectivity index (χ1v) is 6.90. The fraction of sp³-hybridized carbons (Fsp3) is 0.667. The van der Waals surface area contributed by atoms with Crippen LogP contribution in [0.25, 0.3) is 0 Å². The van der Waals surface area contributed by atoms with Crippen LogP contribution >= 0.6 is 11.3 Å². The third-order valence-electron chi connectivity index (χ3n) is 2.33. The van der Waals surface area contributed by atoms with Gasteiger partial charge in [0.15, 0.2) is 0 Å². The average Bonchev–Trinajstić information content (AvgIpc) is 2.69. The molecule has 0 fully saturated rings. The molecule has 18 heavy (non-hydrogen) atoms. The molecule has 0 aliphatic heterocycles. The number of hydrogen-bond acceptors (Lipinski definition) is 4. The van der Waals surface area contributed by atoms with Crippen molar-refractivity contribution < 1.29 is 9.90 Å². The summed E-state index contributed by atoms with van der Waals surface area (Å²) in [4.78, 5) is 16.6. The Hall–Kier alpha value is -1.14. The van der Waals surface area contributed by atoms with Gasteiger partial charge in [-0.1, -0.05) is 13.8 Å². The number of hydrogen-bond donors (Lipinski definition) is 3. The molecule has 1 heterocycles. The molecule has 2 amide bonds. The van der Waals surface area contributed by atoms with Crippen LogP contribution in [0.15, 0.2) is 6.20 Å². The summed E-state index contributed by atoms with van der Waals surface area (Å²) in [7, 11) is 0. The summed E-state index contributed by atoms with van der Waals surface area (Å²) in [6.07, 6.45) is 1.96. The van der Waals surface area contributed by atoms with Crippen molar-refractivity contribution in [3.63, 3.8) is 0 Å². The first-order valence-electron chi connectivity index (χ1n) is 6.08. The number of thiazole rings is 1. The molecule has 102 valence electrons. The van der Waals surface area contributed by atoms with Gasteiger partial charge in [0.05, 0.1) is 17.7 Å². The highest BCUT2D eigenvalue weighted by Gasteiger charge is 2.09. The minimum atomic E-state index is -0.485. The number of urea groups is 1. The first-order chi connectivity index (χ1) is 8.47. The normalized spacial score (nSPS) is 12.5. The summed E-state index contributed by atoms with van der Waals surface area (Å²) in [6.45, 7) is 6.75. The van der Waals surface area contributed by atoms with E-state index >= 15 is 0 Å². The topological polar surface area (TPSA) is 74.2 Å². The van der Waals surface area contributed by atoms with Crippen molar-refractivity contribution in [1.82, 2.24) is 15.6 Å². The van der Waals surface area contributed by atoms with Crippen LogP contribution < -0.4 is 10.6 Å². The van der Waals surface area contributed by atoms with Gasteiger partial charge in [0.25, 0.3) is 0 Å². The second kappa shape index (κ2) is 7.33. The SMILES string of the molecule is Cc1ncc(CNC(=O)NCC(O)CC(C)C)s1. The average molecular weight is 271 g/mol. The van der Waals surface area contributed by atoms with E-state index in [1.54, 1.807) is 17.5 Å². The molecule has 1 atom stereocenters. The monoisotopic (exact) mass is 271 g/mol. The highest BCUT2D eigenvalue weighted by atomic mass is 32.1. The van der Waals surface area contributed by atoms with Crippen LogP contribution in [0.4, 0.5) is 4.79 Å². The molecule has 0 bridgehead atoms. The van der Waals surface area contributed by atoms with Gasteiger partial charge in [-0.25, -0.2) is 9.78 Å². The number of amides is 2. The fourth-order valence-corrected chi connectivity index (χ4v) is 2.29. The Labute approximate surface area is 112 Å². The molecule has 0 saturated heterocycles. The lowest BCUT2D eigenvalue weighted by atomic mass is 10.1. The number of aliphatic hydroxyl groups is 1. The lowest BCUT2D eigenvalue weighted by Gasteiger charge is -2.14. The number of carbonyl (C=O) groups is 1. The molecule has 0 spiro atoms. The predicted octanol–water partition coefficient (Wildman–Crippen LogP) is 1.66. The predicted molar refractivity (Wildman–Crippen MR) is 72.6 cm³/mol. The number of aryl methyl sites for hydroxylation is 1. The molecule has 0 aromatic carbocycles. The van der Waals surface area contributed by atoms with Crippen molar-refractivity contribution in [3.8, 4) is 0 Å². The number of aliphatic hydroxyl groups excluding tert-OH is 1. The molecule has 0 radical (unpaired) electrons. The van der Waals surface area contributed by atoms with Crippen molar-refractivity contribution in [2.45, 2.75) is 39.8 Å². The Kier molecular flexibility index (Phi) is 6.07. The summed E-state index contributed by atoms with van der Waals surface area (Å²) in [5, 5.41) is 16.0. The molecule has 5 nitrogen and oxygen atoms in total. The van der Waals surface area contributed by atoms with E-state index in [0.29, 0.717) is 18.9 Å². The van der Waals surface area contributed by atoms with Crippen LogP contribution in [0.3, 0.4) is 0 Å². The van der Waals surface area contributed by atoms with Crippen molar-refractivity contribution >= 4 is 17.4 Å². The van der Waals surface area contributed by atoms with Crippen LogP contribution in [0.2, 0.25) is 0 Å². The second-order valence-electron chi connectivity index (χ2n) is 4.69. The zero-order valence-electron chi connectivity index (χ0n) is 11.1. The van der Waals surface area contributed by atoms with Gasteiger partial charge in [0.2, 0.25) is 0 Å². The summed E-state index contributed by atoms with van der Waals surface area (Å²) in [5.74, 6) is 0.421. The molecule has 0 saturated carbocycles. The van der Waals surface area contributed by atoms with Gasteiger partial charge in [-0.3, -0.25) is 0 Å². The van der Waals surface area contributed by atoms with Crippen LogP contribution in [0.1, 0.15) is 30.2 Å².